The molecule has 3 atom stereocenters. The molecule has 0 aromatic heterocycles. The Morgan fingerprint density at radius 2 is 1.35 bits per heavy atom. The molecule has 0 saturated heterocycles. The van der Waals surface area contributed by atoms with Crippen LogP contribution in [-0.4, -0.2) is 4.33 Å². The summed E-state index contributed by atoms with van der Waals surface area (Å²) in [5.41, 5.74) is 2.09. The highest BCUT2D eigenvalue weighted by Gasteiger charge is 2.91. The molecule has 3 aromatic carbocycles. The molecule has 26 heavy (non-hydrogen) atoms. The van der Waals surface area contributed by atoms with E-state index in [9.17, 15) is 0 Å². The first-order valence-corrected chi connectivity index (χ1v) is 9.56. The van der Waals surface area contributed by atoms with Gasteiger partial charge >= 0.3 is 0 Å². The molecular formula is C23H18Cl2O. The van der Waals surface area contributed by atoms with E-state index in [-0.39, 0.29) is 5.92 Å². The minimum absolute atomic E-state index is 0.0452. The number of alkyl halides is 2. The number of para-hydroxylation sites is 1. The van der Waals surface area contributed by atoms with Crippen molar-refractivity contribution < 1.29 is 4.74 Å². The highest BCUT2D eigenvalue weighted by molar-refractivity contribution is 6.53. The average molecular weight is 381 g/mol. The Bertz CT molecular complexity index is 970. The molecule has 0 N–H and O–H groups in total. The zero-order chi connectivity index (χ0) is 18.0. The standard InChI is InChI=1S/C23H18Cl2O/c1-21-20(16-10-4-2-5-11-16)18-14-8-9-15-19(18)26-22(21,23(21,24)25)17-12-6-3-7-13-17/h2-15,20H,1H3. The van der Waals surface area contributed by atoms with Gasteiger partial charge in [-0.05, 0) is 17.2 Å². The summed E-state index contributed by atoms with van der Waals surface area (Å²) in [6.45, 7) is 2.15. The first-order valence-electron chi connectivity index (χ1n) is 8.80. The van der Waals surface area contributed by atoms with Crippen LogP contribution in [0.5, 0.6) is 5.75 Å². The highest BCUT2D eigenvalue weighted by atomic mass is 35.5. The summed E-state index contributed by atoms with van der Waals surface area (Å²) in [7, 11) is 0. The van der Waals surface area contributed by atoms with E-state index in [1.807, 2.05) is 42.5 Å². The van der Waals surface area contributed by atoms with Gasteiger partial charge in [-0.3, -0.25) is 0 Å². The van der Waals surface area contributed by atoms with Crippen molar-refractivity contribution in [3.63, 3.8) is 0 Å². The van der Waals surface area contributed by atoms with E-state index >= 15 is 0 Å². The fourth-order valence-electron chi connectivity index (χ4n) is 4.83. The van der Waals surface area contributed by atoms with Crippen LogP contribution in [0.15, 0.2) is 84.9 Å². The van der Waals surface area contributed by atoms with E-state index < -0.39 is 15.3 Å². The van der Waals surface area contributed by atoms with Gasteiger partial charge in [-0.2, -0.15) is 0 Å². The smallest absolute Gasteiger partial charge is 0.177 e. The van der Waals surface area contributed by atoms with Crippen LogP contribution in [0, 0.1) is 5.41 Å². The van der Waals surface area contributed by atoms with Gasteiger partial charge in [-0.1, -0.05) is 109 Å². The molecule has 0 spiro atoms. The molecule has 3 aromatic rings. The van der Waals surface area contributed by atoms with Crippen molar-refractivity contribution in [2.45, 2.75) is 22.8 Å². The molecule has 130 valence electrons. The Balaban J connectivity index is 1.81. The lowest BCUT2D eigenvalue weighted by atomic mass is 9.74. The molecule has 1 aliphatic heterocycles. The molecule has 1 saturated carbocycles. The van der Waals surface area contributed by atoms with E-state index in [0.29, 0.717) is 0 Å². The highest BCUT2D eigenvalue weighted by Crippen LogP contribution is 2.85. The maximum atomic E-state index is 7.02. The minimum Gasteiger partial charge on any atom is -0.478 e. The summed E-state index contributed by atoms with van der Waals surface area (Å²) in [6, 6.07) is 28.8. The average Bonchev–Trinajstić information content (AvgIpc) is 3.08. The summed E-state index contributed by atoms with van der Waals surface area (Å²) in [5, 5.41) is 0. The molecule has 0 radical (unpaired) electrons. The van der Waals surface area contributed by atoms with Crippen LogP contribution >= 0.6 is 23.2 Å². The Hall–Kier alpha value is -1.96. The lowest BCUT2D eigenvalue weighted by Crippen LogP contribution is -2.33. The second-order valence-electron chi connectivity index (χ2n) is 7.31. The quantitative estimate of drug-likeness (QED) is 0.474. The molecular weight excluding hydrogens is 363 g/mol. The van der Waals surface area contributed by atoms with Gasteiger partial charge in [-0.15, -0.1) is 0 Å². The van der Waals surface area contributed by atoms with Gasteiger partial charge in [0.1, 0.15) is 5.75 Å². The lowest BCUT2D eigenvalue weighted by Gasteiger charge is -2.36. The first-order chi connectivity index (χ1) is 12.5. The summed E-state index contributed by atoms with van der Waals surface area (Å²) < 4.78 is 5.54. The second-order valence-corrected chi connectivity index (χ2v) is 8.63. The van der Waals surface area contributed by atoms with Gasteiger partial charge in [-0.25, -0.2) is 0 Å². The fourth-order valence-corrected chi connectivity index (χ4v) is 5.91. The van der Waals surface area contributed by atoms with Gasteiger partial charge in [0.15, 0.2) is 9.93 Å². The number of rotatable bonds is 2. The van der Waals surface area contributed by atoms with Crippen LogP contribution in [0.4, 0.5) is 0 Å². The second kappa shape index (κ2) is 5.28. The number of halogens is 2. The zero-order valence-corrected chi connectivity index (χ0v) is 15.8. The largest absolute Gasteiger partial charge is 0.478 e. The number of ether oxygens (including phenoxy) is 1. The number of hydrogen-bond donors (Lipinski definition) is 0. The third kappa shape index (κ3) is 1.73. The Morgan fingerprint density at radius 1 is 0.769 bits per heavy atom. The SMILES string of the molecule is CC12C(c3ccccc3)c3ccccc3OC1(c1ccccc1)C2(Cl)Cl. The van der Waals surface area contributed by atoms with Crippen LogP contribution < -0.4 is 4.74 Å². The molecule has 0 bridgehead atoms. The molecule has 3 unspecified atom stereocenters. The normalized spacial score (nSPS) is 30.7. The van der Waals surface area contributed by atoms with Crippen LogP contribution in [0.2, 0.25) is 0 Å². The minimum atomic E-state index is -1.04. The number of benzene rings is 3. The van der Waals surface area contributed by atoms with Gasteiger partial charge in [0.25, 0.3) is 0 Å². The Labute approximate surface area is 163 Å². The molecule has 2 aliphatic rings. The van der Waals surface area contributed by atoms with Crippen molar-refractivity contribution in [3.8, 4) is 5.75 Å². The van der Waals surface area contributed by atoms with Crippen LogP contribution in [0.1, 0.15) is 29.5 Å². The molecule has 1 aliphatic carbocycles. The van der Waals surface area contributed by atoms with E-state index in [2.05, 4.69) is 49.4 Å². The van der Waals surface area contributed by atoms with Gasteiger partial charge in [0.05, 0.1) is 5.41 Å². The van der Waals surface area contributed by atoms with E-state index in [0.717, 1.165) is 16.9 Å². The Kier molecular flexibility index (Phi) is 3.30. The summed E-state index contributed by atoms with van der Waals surface area (Å²) in [5.74, 6) is 0.898. The molecule has 1 nitrogen and oxygen atoms in total. The van der Waals surface area contributed by atoms with Crippen molar-refractivity contribution in [1.29, 1.82) is 0 Å². The van der Waals surface area contributed by atoms with Crippen LogP contribution in [-0.2, 0) is 5.60 Å². The molecule has 0 amide bonds. The fraction of sp³-hybridized carbons (Fsp3) is 0.217. The van der Waals surface area contributed by atoms with Crippen molar-refractivity contribution >= 4 is 23.2 Å². The third-order valence-corrected chi connectivity index (χ3v) is 7.46. The maximum absolute atomic E-state index is 7.02. The van der Waals surface area contributed by atoms with Crippen molar-refractivity contribution in [1.82, 2.24) is 0 Å². The maximum Gasteiger partial charge on any atom is 0.177 e. The topological polar surface area (TPSA) is 9.23 Å². The Morgan fingerprint density at radius 3 is 2.04 bits per heavy atom. The molecule has 3 heteroatoms. The van der Waals surface area contributed by atoms with Gasteiger partial charge in [0, 0.05) is 11.5 Å². The van der Waals surface area contributed by atoms with Crippen LogP contribution in [0.3, 0.4) is 0 Å². The van der Waals surface area contributed by atoms with Crippen molar-refractivity contribution in [2.24, 2.45) is 5.41 Å². The number of fused-ring (bicyclic) bond motifs is 2. The summed E-state index contributed by atoms with van der Waals surface area (Å²) in [4.78, 5) is 0. The van der Waals surface area contributed by atoms with E-state index in [1.165, 1.54) is 5.56 Å². The molecule has 1 fully saturated rings. The first kappa shape index (κ1) is 16.2. The predicted molar refractivity (Wildman–Crippen MR) is 106 cm³/mol. The van der Waals surface area contributed by atoms with Crippen LogP contribution in [0.25, 0.3) is 0 Å². The lowest BCUT2D eigenvalue weighted by molar-refractivity contribution is 0.102. The number of hydrogen-bond acceptors (Lipinski definition) is 1. The third-order valence-electron chi connectivity index (χ3n) is 6.15. The zero-order valence-electron chi connectivity index (χ0n) is 14.3. The predicted octanol–water partition coefficient (Wildman–Crippen LogP) is 6.30. The van der Waals surface area contributed by atoms with Crippen molar-refractivity contribution in [3.05, 3.63) is 102 Å². The van der Waals surface area contributed by atoms with E-state index in [1.54, 1.807) is 0 Å². The van der Waals surface area contributed by atoms with Gasteiger partial charge in [0.2, 0.25) is 0 Å². The van der Waals surface area contributed by atoms with Gasteiger partial charge < -0.3 is 4.74 Å². The molecule has 5 rings (SSSR count). The summed E-state index contributed by atoms with van der Waals surface area (Å²) in [6.07, 6.45) is 0. The molecule has 1 heterocycles. The monoisotopic (exact) mass is 380 g/mol. The van der Waals surface area contributed by atoms with E-state index in [4.69, 9.17) is 27.9 Å². The summed E-state index contributed by atoms with van der Waals surface area (Å²) >= 11 is 14.0. The van der Waals surface area contributed by atoms with Crippen molar-refractivity contribution in [2.75, 3.05) is 0 Å².